The number of aliphatic hydroxyl groups is 1. The van der Waals surface area contributed by atoms with E-state index < -0.39 is 0 Å². The van der Waals surface area contributed by atoms with Gasteiger partial charge >= 0.3 is 0 Å². The predicted molar refractivity (Wildman–Crippen MR) is 199 cm³/mol. The van der Waals surface area contributed by atoms with Crippen molar-refractivity contribution < 1.29 is 19.4 Å². The third-order valence-corrected chi connectivity index (χ3v) is 10.7. The Morgan fingerprint density at radius 1 is 0.840 bits per heavy atom. The fourth-order valence-electron chi connectivity index (χ4n) is 6.95. The van der Waals surface area contributed by atoms with Gasteiger partial charge in [-0.05, 0) is 56.7 Å². The Balaban J connectivity index is 1.20. The lowest BCUT2D eigenvalue weighted by atomic mass is 9.93. The topological polar surface area (TPSA) is 109 Å². The number of nitrogens with one attached hydrogen (secondary N) is 2. The molecular formula is C39H45Cl2N5O4. The summed E-state index contributed by atoms with van der Waals surface area (Å²) in [6.45, 7) is 4.44. The molecule has 2 aliphatic rings. The zero-order chi connectivity index (χ0) is 35.2. The molecule has 264 valence electrons. The zero-order valence-corrected chi connectivity index (χ0v) is 30.4. The number of aliphatic hydroxyl groups excluding tert-OH is 1. The number of ether oxygens (including phenoxy) is 2. The summed E-state index contributed by atoms with van der Waals surface area (Å²) in [6.07, 6.45) is 7.00. The average Bonchev–Trinajstić information content (AvgIpc) is 3.14. The second-order valence-electron chi connectivity index (χ2n) is 13.1. The van der Waals surface area contributed by atoms with Gasteiger partial charge < -0.3 is 30.1 Å². The number of benzene rings is 2. The molecule has 0 spiro atoms. The molecule has 1 saturated carbocycles. The van der Waals surface area contributed by atoms with Crippen LogP contribution >= 0.6 is 23.2 Å². The fraction of sp³-hybridized carbons (Fsp3) is 0.410. The van der Waals surface area contributed by atoms with E-state index in [1.165, 1.54) is 0 Å². The fourth-order valence-corrected chi connectivity index (χ4v) is 7.59. The van der Waals surface area contributed by atoms with Crippen molar-refractivity contribution in [2.24, 2.45) is 0 Å². The van der Waals surface area contributed by atoms with Gasteiger partial charge in [0.05, 0.1) is 41.8 Å². The van der Waals surface area contributed by atoms with Crippen molar-refractivity contribution in [3.8, 4) is 45.3 Å². The summed E-state index contributed by atoms with van der Waals surface area (Å²) >= 11 is 14.2. The van der Waals surface area contributed by atoms with Crippen molar-refractivity contribution in [1.29, 1.82) is 0 Å². The van der Waals surface area contributed by atoms with Gasteiger partial charge in [0.2, 0.25) is 11.8 Å². The van der Waals surface area contributed by atoms with Crippen molar-refractivity contribution in [3.63, 3.8) is 0 Å². The molecule has 2 aromatic carbocycles. The van der Waals surface area contributed by atoms with Gasteiger partial charge in [0.1, 0.15) is 5.75 Å². The minimum atomic E-state index is -0.179. The third kappa shape index (κ3) is 8.24. The van der Waals surface area contributed by atoms with Crippen LogP contribution in [0.5, 0.6) is 11.6 Å². The van der Waals surface area contributed by atoms with Crippen LogP contribution in [0.15, 0.2) is 60.8 Å². The number of rotatable bonds is 11. The van der Waals surface area contributed by atoms with Crippen molar-refractivity contribution in [2.45, 2.75) is 76.7 Å². The molecule has 0 radical (unpaired) electrons. The molecule has 2 fully saturated rings. The lowest BCUT2D eigenvalue weighted by molar-refractivity contribution is -0.129. The van der Waals surface area contributed by atoms with Crippen molar-refractivity contribution >= 4 is 29.1 Å². The molecule has 1 saturated heterocycles. The lowest BCUT2D eigenvalue weighted by Gasteiger charge is -2.31. The number of methoxy groups -OCH3 is 2. The largest absolute Gasteiger partial charge is 0.496 e. The highest BCUT2D eigenvalue weighted by atomic mass is 35.5. The van der Waals surface area contributed by atoms with Crippen LogP contribution in [0.25, 0.3) is 33.6 Å². The molecule has 0 unspecified atom stereocenters. The van der Waals surface area contributed by atoms with Crippen LogP contribution in [0.2, 0.25) is 10.0 Å². The van der Waals surface area contributed by atoms with E-state index in [1.54, 1.807) is 27.3 Å². The van der Waals surface area contributed by atoms with Crippen LogP contribution in [-0.4, -0.2) is 71.4 Å². The highest BCUT2D eigenvalue weighted by Crippen LogP contribution is 2.42. The number of nitrogens with zero attached hydrogens (tertiary/aromatic N) is 3. The zero-order valence-electron chi connectivity index (χ0n) is 28.8. The summed E-state index contributed by atoms with van der Waals surface area (Å²) in [4.78, 5) is 23.1. The molecule has 2 aromatic heterocycles. The Labute approximate surface area is 304 Å². The first-order valence-corrected chi connectivity index (χ1v) is 18.1. The third-order valence-electron chi connectivity index (χ3n) is 9.95. The van der Waals surface area contributed by atoms with Crippen molar-refractivity contribution in [1.82, 2.24) is 25.5 Å². The summed E-state index contributed by atoms with van der Waals surface area (Å²) in [5, 5.41) is 18.1. The lowest BCUT2D eigenvalue weighted by Crippen LogP contribution is -2.44. The predicted octanol–water partition coefficient (Wildman–Crippen LogP) is 7.30. The maximum Gasteiger partial charge on any atom is 0.219 e. The Hall–Kier alpha value is -3.73. The Morgan fingerprint density at radius 3 is 2.20 bits per heavy atom. The summed E-state index contributed by atoms with van der Waals surface area (Å²) in [6, 6.07) is 18.4. The van der Waals surface area contributed by atoms with Gasteiger partial charge in [-0.1, -0.05) is 59.6 Å². The highest BCUT2D eigenvalue weighted by Gasteiger charge is 2.23. The van der Waals surface area contributed by atoms with Crippen molar-refractivity contribution in [3.05, 3.63) is 82.0 Å². The number of halogens is 2. The van der Waals surface area contributed by atoms with E-state index in [9.17, 15) is 9.90 Å². The molecule has 9 nitrogen and oxygen atoms in total. The molecule has 1 aliphatic heterocycles. The standard InChI is InChI=1S/C39H45Cl2N5O4/c1-24(47)46-19-16-29(17-20-46)44-23-27-9-14-34(45-39(27)50-3)33-6-4-5-31(36(33)40)32-15-18-42-38(37(32)41)25-7-8-26(35(21-25)49-2)22-43-28-10-12-30(48)13-11-28/h4-9,14-15,18,21,28-30,43-44,48H,10-13,16-17,19-20,22-23H2,1-3H3/t28-,30+. The highest BCUT2D eigenvalue weighted by molar-refractivity contribution is 6.39. The summed E-state index contributed by atoms with van der Waals surface area (Å²) in [7, 11) is 3.29. The van der Waals surface area contributed by atoms with Gasteiger partial charge in [-0.15, -0.1) is 0 Å². The SMILES string of the molecule is COc1cc(-c2nccc(-c3cccc(-c4ccc(CNC5CCN(C(C)=O)CC5)c(OC)n4)c3Cl)c2Cl)ccc1CN[C@H]1CC[C@@H](O)CC1. The van der Waals surface area contributed by atoms with Crippen LogP contribution < -0.4 is 20.1 Å². The number of carbonyl (C=O) groups is 1. The van der Waals surface area contributed by atoms with Gasteiger partial charge in [0, 0.05) is 84.8 Å². The summed E-state index contributed by atoms with van der Waals surface area (Å²) in [5.74, 6) is 1.42. The molecular weight excluding hydrogens is 673 g/mol. The molecule has 1 aliphatic carbocycles. The van der Waals surface area contributed by atoms with Crippen LogP contribution in [-0.2, 0) is 17.9 Å². The smallest absolute Gasteiger partial charge is 0.219 e. The minimum Gasteiger partial charge on any atom is -0.496 e. The van der Waals surface area contributed by atoms with Crippen LogP contribution in [0.1, 0.15) is 56.6 Å². The van der Waals surface area contributed by atoms with Crippen LogP contribution in [0.4, 0.5) is 0 Å². The quantitative estimate of drug-likeness (QED) is 0.148. The van der Waals surface area contributed by atoms with Gasteiger partial charge in [0.25, 0.3) is 0 Å². The second kappa shape index (κ2) is 16.5. The first-order chi connectivity index (χ1) is 24.2. The maximum atomic E-state index is 11.7. The van der Waals surface area contributed by atoms with Crippen LogP contribution in [0, 0.1) is 0 Å². The number of carbonyl (C=O) groups excluding carboxylic acids is 1. The van der Waals surface area contributed by atoms with E-state index in [4.69, 9.17) is 37.7 Å². The number of hydrogen-bond donors (Lipinski definition) is 3. The van der Waals surface area contributed by atoms with E-state index in [0.717, 1.165) is 90.7 Å². The minimum absolute atomic E-state index is 0.131. The Morgan fingerprint density at radius 2 is 1.50 bits per heavy atom. The van der Waals surface area contributed by atoms with E-state index in [-0.39, 0.29) is 12.0 Å². The molecule has 50 heavy (non-hydrogen) atoms. The first-order valence-electron chi connectivity index (χ1n) is 17.3. The number of hydrogen-bond acceptors (Lipinski definition) is 8. The first kappa shape index (κ1) is 36.1. The number of amides is 1. The number of piperidine rings is 1. The van der Waals surface area contributed by atoms with Gasteiger partial charge in [-0.2, -0.15) is 0 Å². The molecule has 11 heteroatoms. The Kier molecular flexibility index (Phi) is 11.9. The van der Waals surface area contributed by atoms with Crippen LogP contribution in [0.3, 0.4) is 0 Å². The number of likely N-dealkylation sites (tertiary alicyclic amines) is 1. The van der Waals surface area contributed by atoms with Gasteiger partial charge in [0.15, 0.2) is 0 Å². The molecule has 3 heterocycles. The molecule has 0 atom stereocenters. The van der Waals surface area contributed by atoms with E-state index in [1.807, 2.05) is 59.5 Å². The maximum absolute atomic E-state index is 11.7. The molecule has 3 N–H and O–H groups in total. The summed E-state index contributed by atoms with van der Waals surface area (Å²) < 4.78 is 11.5. The van der Waals surface area contributed by atoms with E-state index in [0.29, 0.717) is 52.5 Å². The molecule has 4 aromatic rings. The van der Waals surface area contributed by atoms with E-state index in [2.05, 4.69) is 15.6 Å². The Bertz CT molecular complexity index is 1810. The number of pyridine rings is 2. The second-order valence-corrected chi connectivity index (χ2v) is 13.9. The van der Waals surface area contributed by atoms with Gasteiger partial charge in [-0.25, -0.2) is 4.98 Å². The molecule has 0 bridgehead atoms. The molecule has 1 amide bonds. The van der Waals surface area contributed by atoms with Gasteiger partial charge in [-0.3, -0.25) is 9.78 Å². The van der Waals surface area contributed by atoms with Crippen molar-refractivity contribution in [2.75, 3.05) is 27.3 Å². The summed E-state index contributed by atoms with van der Waals surface area (Å²) in [5.41, 5.74) is 6.45. The molecule has 6 rings (SSSR count). The van der Waals surface area contributed by atoms with E-state index >= 15 is 0 Å². The number of aromatic nitrogens is 2. The average molecular weight is 719 g/mol. The monoisotopic (exact) mass is 717 g/mol. The normalized spacial score (nSPS) is 18.2.